The minimum absolute atomic E-state index is 0.411. The Kier molecular flexibility index (Phi) is 5.61. The Bertz CT molecular complexity index is 1900. The minimum atomic E-state index is -5.80. The van der Waals surface area contributed by atoms with Crippen LogP contribution in [-0.2, 0) is 10.1 Å². The summed E-state index contributed by atoms with van der Waals surface area (Å²) >= 11 is 0. The Labute approximate surface area is 216 Å². The third-order valence-electron chi connectivity index (χ3n) is 6.60. The molecule has 38 heavy (non-hydrogen) atoms. The number of halogens is 3. The van der Waals surface area contributed by atoms with Crippen molar-refractivity contribution in [1.82, 2.24) is 0 Å². The van der Waals surface area contributed by atoms with Crippen LogP contribution in [0.1, 0.15) is 0 Å². The standard InChI is InChI=1S/C31H19F3O3S/c32-31(33,34)38(35,36)37-22-12-7-11-21(19-22)29-25-14-3-5-16-27(25)30(28-17-6-4-15-26(28)29)24-18-8-10-20-9-1-2-13-23(20)24/h1-19H. The SMILES string of the molecule is O=S(=O)(Oc1cccc(-c2c3ccccc3c(-c3cccc4ccccc34)c3ccccc23)c1)C(F)(F)F. The highest BCUT2D eigenvalue weighted by molar-refractivity contribution is 7.88. The van der Waals surface area contributed by atoms with Gasteiger partial charge < -0.3 is 4.18 Å². The van der Waals surface area contributed by atoms with Crippen LogP contribution in [0.2, 0.25) is 0 Å². The van der Waals surface area contributed by atoms with Crippen LogP contribution in [-0.4, -0.2) is 13.9 Å². The van der Waals surface area contributed by atoms with Crippen LogP contribution >= 0.6 is 0 Å². The first kappa shape index (κ1) is 24.0. The highest BCUT2D eigenvalue weighted by Crippen LogP contribution is 2.45. The van der Waals surface area contributed by atoms with Gasteiger partial charge in [0.05, 0.1) is 0 Å². The van der Waals surface area contributed by atoms with Gasteiger partial charge in [-0.15, -0.1) is 0 Å². The molecule has 0 fully saturated rings. The topological polar surface area (TPSA) is 43.4 Å². The molecule has 0 aliphatic carbocycles. The first-order chi connectivity index (χ1) is 18.2. The van der Waals surface area contributed by atoms with Crippen LogP contribution in [0.15, 0.2) is 115 Å². The van der Waals surface area contributed by atoms with Crippen molar-refractivity contribution in [2.45, 2.75) is 5.51 Å². The molecule has 6 rings (SSSR count). The minimum Gasteiger partial charge on any atom is -0.376 e. The Morgan fingerprint density at radius 3 is 1.66 bits per heavy atom. The Morgan fingerprint density at radius 2 is 1.05 bits per heavy atom. The highest BCUT2D eigenvalue weighted by atomic mass is 32.2. The van der Waals surface area contributed by atoms with E-state index in [-0.39, 0.29) is 0 Å². The lowest BCUT2D eigenvalue weighted by Gasteiger charge is -2.19. The van der Waals surface area contributed by atoms with Gasteiger partial charge in [-0.3, -0.25) is 0 Å². The Balaban J connectivity index is 1.66. The molecule has 0 aliphatic heterocycles. The van der Waals surface area contributed by atoms with E-state index in [1.165, 1.54) is 18.2 Å². The van der Waals surface area contributed by atoms with Gasteiger partial charge in [-0.1, -0.05) is 103 Å². The zero-order valence-electron chi connectivity index (χ0n) is 19.7. The summed E-state index contributed by atoms with van der Waals surface area (Å²) in [6.45, 7) is 0. The molecule has 0 spiro atoms. The Hall–Kier alpha value is -4.36. The fourth-order valence-corrected chi connectivity index (χ4v) is 5.50. The maximum Gasteiger partial charge on any atom is 0.534 e. The van der Waals surface area contributed by atoms with Crippen LogP contribution in [0, 0.1) is 0 Å². The number of rotatable bonds is 4. The molecule has 0 N–H and O–H groups in total. The fourth-order valence-electron chi connectivity index (χ4n) is 5.05. The second-order valence-corrected chi connectivity index (χ2v) is 10.4. The summed E-state index contributed by atoms with van der Waals surface area (Å²) in [6, 6.07) is 35.8. The second-order valence-electron chi connectivity index (χ2n) is 8.88. The van der Waals surface area contributed by atoms with Gasteiger partial charge in [-0.25, -0.2) is 0 Å². The predicted octanol–water partition coefficient (Wildman–Crippen LogP) is 8.71. The third kappa shape index (κ3) is 3.96. The summed E-state index contributed by atoms with van der Waals surface area (Å²) in [4.78, 5) is 0. The summed E-state index contributed by atoms with van der Waals surface area (Å²) in [5.74, 6) is -0.411. The summed E-state index contributed by atoms with van der Waals surface area (Å²) in [6.07, 6.45) is 0. The van der Waals surface area contributed by atoms with Gasteiger partial charge in [0, 0.05) is 0 Å². The van der Waals surface area contributed by atoms with Gasteiger partial charge in [0.25, 0.3) is 0 Å². The molecule has 0 aromatic heterocycles. The molecular weight excluding hydrogens is 509 g/mol. The lowest BCUT2D eigenvalue weighted by molar-refractivity contribution is -0.0500. The van der Waals surface area contributed by atoms with Crippen LogP contribution in [0.5, 0.6) is 5.75 Å². The first-order valence-electron chi connectivity index (χ1n) is 11.8. The van der Waals surface area contributed by atoms with Crippen molar-refractivity contribution in [2.24, 2.45) is 0 Å². The van der Waals surface area contributed by atoms with Crippen LogP contribution in [0.4, 0.5) is 13.2 Å². The molecule has 0 heterocycles. The lowest BCUT2D eigenvalue weighted by Crippen LogP contribution is -2.28. The quantitative estimate of drug-likeness (QED) is 0.131. The van der Waals surface area contributed by atoms with Crippen molar-refractivity contribution in [2.75, 3.05) is 0 Å². The van der Waals surface area contributed by atoms with E-state index in [2.05, 4.69) is 28.4 Å². The van der Waals surface area contributed by atoms with Crippen molar-refractivity contribution in [3.8, 4) is 28.0 Å². The number of alkyl halides is 3. The summed E-state index contributed by atoms with van der Waals surface area (Å²) in [5.41, 5.74) is -2.10. The van der Waals surface area contributed by atoms with E-state index >= 15 is 0 Å². The van der Waals surface area contributed by atoms with Crippen molar-refractivity contribution in [3.05, 3.63) is 115 Å². The number of fused-ring (bicyclic) bond motifs is 3. The first-order valence-corrected chi connectivity index (χ1v) is 13.2. The van der Waals surface area contributed by atoms with Crippen LogP contribution < -0.4 is 4.18 Å². The molecule has 0 bridgehead atoms. The predicted molar refractivity (Wildman–Crippen MR) is 145 cm³/mol. The molecule has 6 aromatic rings. The molecule has 0 radical (unpaired) electrons. The summed E-state index contributed by atoms with van der Waals surface area (Å²) < 4.78 is 66.6. The van der Waals surface area contributed by atoms with Gasteiger partial charge in [-0.05, 0) is 66.7 Å². The smallest absolute Gasteiger partial charge is 0.376 e. The fraction of sp³-hybridized carbons (Fsp3) is 0.0323. The van der Waals surface area contributed by atoms with Crippen molar-refractivity contribution in [3.63, 3.8) is 0 Å². The van der Waals surface area contributed by atoms with Crippen LogP contribution in [0.3, 0.4) is 0 Å². The zero-order chi connectivity index (χ0) is 26.5. The zero-order valence-corrected chi connectivity index (χ0v) is 20.6. The van der Waals surface area contributed by atoms with E-state index in [1.807, 2.05) is 66.7 Å². The monoisotopic (exact) mass is 528 g/mol. The molecule has 0 atom stereocenters. The summed E-state index contributed by atoms with van der Waals surface area (Å²) in [7, 11) is -5.80. The van der Waals surface area contributed by atoms with Gasteiger partial charge >= 0.3 is 15.6 Å². The van der Waals surface area contributed by atoms with E-state index in [4.69, 9.17) is 0 Å². The van der Waals surface area contributed by atoms with Crippen molar-refractivity contribution >= 4 is 42.4 Å². The molecule has 0 aliphatic rings. The van der Waals surface area contributed by atoms with Crippen molar-refractivity contribution in [1.29, 1.82) is 0 Å². The van der Waals surface area contributed by atoms with Crippen molar-refractivity contribution < 1.29 is 25.8 Å². The lowest BCUT2D eigenvalue weighted by atomic mass is 9.85. The maximum absolute atomic E-state index is 13.0. The molecule has 3 nitrogen and oxygen atoms in total. The van der Waals surface area contributed by atoms with E-state index < -0.39 is 21.4 Å². The molecule has 7 heteroatoms. The third-order valence-corrected chi connectivity index (χ3v) is 7.58. The highest BCUT2D eigenvalue weighted by Gasteiger charge is 2.48. The van der Waals surface area contributed by atoms with E-state index in [1.54, 1.807) is 6.07 Å². The van der Waals surface area contributed by atoms with Crippen LogP contribution in [0.25, 0.3) is 54.6 Å². The van der Waals surface area contributed by atoms with E-state index in [9.17, 15) is 21.6 Å². The van der Waals surface area contributed by atoms with Gasteiger partial charge in [0.1, 0.15) is 5.75 Å². The largest absolute Gasteiger partial charge is 0.534 e. The van der Waals surface area contributed by atoms with E-state index in [0.29, 0.717) is 5.56 Å². The second kappa shape index (κ2) is 8.89. The normalized spacial score (nSPS) is 12.3. The molecule has 0 unspecified atom stereocenters. The Morgan fingerprint density at radius 1 is 0.553 bits per heavy atom. The molecule has 0 saturated carbocycles. The number of hydrogen-bond donors (Lipinski definition) is 0. The van der Waals surface area contributed by atoms with Gasteiger partial charge in [0.15, 0.2) is 0 Å². The molecule has 0 amide bonds. The molecule has 188 valence electrons. The van der Waals surface area contributed by atoms with Gasteiger partial charge in [0.2, 0.25) is 0 Å². The average molecular weight is 529 g/mol. The number of benzene rings is 6. The molecule has 6 aromatic carbocycles. The molecular formula is C31H19F3O3S. The maximum atomic E-state index is 13.0. The molecule has 0 saturated heterocycles. The van der Waals surface area contributed by atoms with E-state index in [0.717, 1.165) is 49.0 Å². The average Bonchev–Trinajstić information content (AvgIpc) is 2.90. The van der Waals surface area contributed by atoms with Gasteiger partial charge in [-0.2, -0.15) is 21.6 Å². The number of hydrogen-bond acceptors (Lipinski definition) is 3. The summed E-state index contributed by atoms with van der Waals surface area (Å²) in [5, 5.41) is 5.90.